The minimum absolute atomic E-state index is 0.0466. The molecule has 4 heteroatoms. The average molecular weight is 187 g/mol. The highest BCUT2D eigenvalue weighted by molar-refractivity contribution is 5.87. The van der Waals surface area contributed by atoms with Crippen LogP contribution in [0.2, 0.25) is 0 Å². The van der Waals surface area contributed by atoms with Gasteiger partial charge in [-0.2, -0.15) is 0 Å². The number of hydrogen-bond acceptors (Lipinski definition) is 3. The number of carbonyl (C=O) groups is 1. The zero-order valence-electron chi connectivity index (χ0n) is 7.95. The highest BCUT2D eigenvalue weighted by Crippen LogP contribution is 1.81. The number of amides is 1. The summed E-state index contributed by atoms with van der Waals surface area (Å²) in [5.74, 6) is -0.0790. The van der Waals surface area contributed by atoms with Crippen LogP contribution < -0.4 is 5.32 Å². The summed E-state index contributed by atoms with van der Waals surface area (Å²) in [6, 6.07) is 0. The van der Waals surface area contributed by atoms with E-state index in [4.69, 9.17) is 9.84 Å². The summed E-state index contributed by atoms with van der Waals surface area (Å²) in [6.45, 7) is 3.38. The fraction of sp³-hybridized carbons (Fsp3) is 0.667. The van der Waals surface area contributed by atoms with Gasteiger partial charge in [-0.05, 0) is 19.4 Å². The first-order chi connectivity index (χ1) is 6.31. The number of allylic oxidation sites excluding steroid dienone is 1. The first-order valence-electron chi connectivity index (χ1n) is 4.40. The van der Waals surface area contributed by atoms with Crippen LogP contribution >= 0.6 is 0 Å². The van der Waals surface area contributed by atoms with Crippen molar-refractivity contribution in [1.82, 2.24) is 5.32 Å². The Morgan fingerprint density at radius 1 is 1.54 bits per heavy atom. The average Bonchev–Trinajstić information content (AvgIpc) is 2.11. The molecule has 0 aliphatic carbocycles. The van der Waals surface area contributed by atoms with Crippen LogP contribution in [0.3, 0.4) is 0 Å². The quantitative estimate of drug-likeness (QED) is 0.438. The van der Waals surface area contributed by atoms with Gasteiger partial charge in [0.05, 0.1) is 13.2 Å². The lowest BCUT2D eigenvalue weighted by Gasteiger charge is -2.02. The fourth-order valence-electron chi connectivity index (χ4n) is 0.763. The third-order valence-corrected chi connectivity index (χ3v) is 1.32. The maximum Gasteiger partial charge on any atom is 0.243 e. The number of rotatable bonds is 7. The Labute approximate surface area is 78.6 Å². The molecule has 0 aromatic carbocycles. The molecule has 2 N–H and O–H groups in total. The van der Waals surface area contributed by atoms with Crippen molar-refractivity contribution in [3.8, 4) is 0 Å². The molecular formula is C9H17NO3. The van der Waals surface area contributed by atoms with Crippen LogP contribution in [-0.4, -0.2) is 37.4 Å². The summed E-state index contributed by atoms with van der Waals surface area (Å²) in [5.41, 5.74) is 0. The topological polar surface area (TPSA) is 58.6 Å². The molecule has 13 heavy (non-hydrogen) atoms. The second kappa shape index (κ2) is 9.22. The molecule has 76 valence electrons. The Kier molecular flexibility index (Phi) is 8.60. The maximum absolute atomic E-state index is 10.9. The van der Waals surface area contributed by atoms with Crippen molar-refractivity contribution in [3.05, 3.63) is 12.2 Å². The highest BCUT2D eigenvalue weighted by Gasteiger charge is 1.92. The van der Waals surface area contributed by atoms with Gasteiger partial charge in [-0.3, -0.25) is 4.79 Å². The number of hydrogen-bond donors (Lipinski definition) is 2. The number of aliphatic hydroxyl groups excluding tert-OH is 1. The summed E-state index contributed by atoms with van der Waals surface area (Å²) in [7, 11) is 0. The molecule has 0 rings (SSSR count). The number of aliphatic hydroxyl groups is 1. The first kappa shape index (κ1) is 12.1. The minimum Gasteiger partial charge on any atom is -0.394 e. The Hall–Kier alpha value is -0.870. The predicted molar refractivity (Wildman–Crippen MR) is 50.3 cm³/mol. The van der Waals surface area contributed by atoms with Crippen molar-refractivity contribution >= 4 is 5.91 Å². The summed E-state index contributed by atoms with van der Waals surface area (Å²) in [4.78, 5) is 10.9. The molecule has 0 atom stereocenters. The molecule has 1 amide bonds. The van der Waals surface area contributed by atoms with E-state index in [0.29, 0.717) is 19.8 Å². The highest BCUT2D eigenvalue weighted by atomic mass is 16.5. The van der Waals surface area contributed by atoms with Gasteiger partial charge in [0.1, 0.15) is 0 Å². The second-order valence-corrected chi connectivity index (χ2v) is 2.48. The maximum atomic E-state index is 10.9. The molecule has 0 aromatic rings. The lowest BCUT2D eigenvalue weighted by Crippen LogP contribution is -2.23. The van der Waals surface area contributed by atoms with E-state index in [9.17, 15) is 4.79 Å². The fourth-order valence-corrected chi connectivity index (χ4v) is 0.763. The van der Waals surface area contributed by atoms with Gasteiger partial charge in [0.2, 0.25) is 5.91 Å². The standard InChI is InChI=1S/C9H17NO3/c1-2-4-9(12)10-5-3-7-13-8-6-11/h2,4,11H,3,5-8H2,1H3,(H,10,12)/b4-2+. The summed E-state index contributed by atoms with van der Waals surface area (Å²) in [5, 5.41) is 11.1. The molecule has 0 saturated heterocycles. The zero-order chi connectivity index (χ0) is 9.94. The van der Waals surface area contributed by atoms with Crippen LogP contribution in [0.5, 0.6) is 0 Å². The molecule has 0 unspecified atom stereocenters. The van der Waals surface area contributed by atoms with E-state index < -0.39 is 0 Å². The molecule has 0 fully saturated rings. The van der Waals surface area contributed by atoms with Gasteiger partial charge in [0, 0.05) is 13.2 Å². The van der Waals surface area contributed by atoms with Gasteiger partial charge in [-0.15, -0.1) is 0 Å². The van der Waals surface area contributed by atoms with Crippen molar-refractivity contribution in [2.24, 2.45) is 0 Å². The molecule has 0 heterocycles. The molecule has 4 nitrogen and oxygen atoms in total. The van der Waals surface area contributed by atoms with Crippen LogP contribution in [0.4, 0.5) is 0 Å². The van der Waals surface area contributed by atoms with Crippen LogP contribution in [0.25, 0.3) is 0 Å². The van der Waals surface area contributed by atoms with Crippen molar-refractivity contribution < 1.29 is 14.6 Å². The van der Waals surface area contributed by atoms with Crippen molar-refractivity contribution in [1.29, 1.82) is 0 Å². The molecule has 0 spiro atoms. The predicted octanol–water partition coefficient (Wildman–Crippen LogP) is 0.0777. The molecule has 0 aliphatic heterocycles. The monoisotopic (exact) mass is 187 g/mol. The molecule has 0 saturated carbocycles. The number of carbonyl (C=O) groups excluding carboxylic acids is 1. The third-order valence-electron chi connectivity index (χ3n) is 1.32. The van der Waals surface area contributed by atoms with E-state index in [1.54, 1.807) is 13.0 Å². The van der Waals surface area contributed by atoms with E-state index in [0.717, 1.165) is 6.42 Å². The lowest BCUT2D eigenvalue weighted by molar-refractivity contribution is -0.116. The van der Waals surface area contributed by atoms with Crippen molar-refractivity contribution in [2.75, 3.05) is 26.4 Å². The summed E-state index contributed by atoms with van der Waals surface area (Å²) in [6.07, 6.45) is 3.94. The second-order valence-electron chi connectivity index (χ2n) is 2.48. The van der Waals surface area contributed by atoms with E-state index >= 15 is 0 Å². The number of nitrogens with one attached hydrogen (secondary N) is 1. The van der Waals surface area contributed by atoms with Crippen LogP contribution in [0, 0.1) is 0 Å². The summed E-state index contributed by atoms with van der Waals surface area (Å²) >= 11 is 0. The van der Waals surface area contributed by atoms with Crippen LogP contribution in [0.1, 0.15) is 13.3 Å². The normalized spacial score (nSPS) is 10.6. The van der Waals surface area contributed by atoms with Crippen molar-refractivity contribution in [2.45, 2.75) is 13.3 Å². The Bertz CT molecular complexity index is 157. The molecule has 0 aliphatic rings. The van der Waals surface area contributed by atoms with Gasteiger partial charge in [-0.1, -0.05) is 6.08 Å². The van der Waals surface area contributed by atoms with Gasteiger partial charge in [0.15, 0.2) is 0 Å². The first-order valence-corrected chi connectivity index (χ1v) is 4.40. The number of ether oxygens (including phenoxy) is 1. The molecule has 0 aromatic heterocycles. The largest absolute Gasteiger partial charge is 0.394 e. The van der Waals surface area contributed by atoms with E-state index in [-0.39, 0.29) is 12.5 Å². The van der Waals surface area contributed by atoms with Crippen molar-refractivity contribution in [3.63, 3.8) is 0 Å². The van der Waals surface area contributed by atoms with Crippen LogP contribution in [-0.2, 0) is 9.53 Å². The smallest absolute Gasteiger partial charge is 0.243 e. The van der Waals surface area contributed by atoms with E-state index in [1.807, 2.05) is 0 Å². The molecular weight excluding hydrogens is 170 g/mol. The van der Waals surface area contributed by atoms with Gasteiger partial charge in [-0.25, -0.2) is 0 Å². The van der Waals surface area contributed by atoms with E-state index in [1.165, 1.54) is 6.08 Å². The van der Waals surface area contributed by atoms with Gasteiger partial charge >= 0.3 is 0 Å². The molecule has 0 radical (unpaired) electrons. The third kappa shape index (κ3) is 9.04. The summed E-state index contributed by atoms with van der Waals surface area (Å²) < 4.78 is 5.01. The zero-order valence-corrected chi connectivity index (χ0v) is 7.95. The van der Waals surface area contributed by atoms with Gasteiger partial charge in [0.25, 0.3) is 0 Å². The minimum atomic E-state index is -0.0790. The Balaban J connectivity index is 3.11. The Morgan fingerprint density at radius 3 is 2.92 bits per heavy atom. The van der Waals surface area contributed by atoms with Gasteiger partial charge < -0.3 is 15.2 Å². The Morgan fingerprint density at radius 2 is 2.31 bits per heavy atom. The SMILES string of the molecule is C/C=C/C(=O)NCCCOCCO. The van der Waals surface area contributed by atoms with Crippen LogP contribution in [0.15, 0.2) is 12.2 Å². The lowest BCUT2D eigenvalue weighted by atomic mass is 10.4. The van der Waals surface area contributed by atoms with E-state index in [2.05, 4.69) is 5.32 Å². The molecule has 0 bridgehead atoms.